The van der Waals surface area contributed by atoms with Crippen LogP contribution >= 0.6 is 11.3 Å². The standard InChI is InChI=1S/C11H8N4S/c1-2-4-9(5-3-1)6-7-10-14-15-8-12-13-11(15)16-10/h1-8H/b7-6-. The molecule has 0 saturated carbocycles. The molecule has 0 radical (unpaired) electrons. The Morgan fingerprint density at radius 1 is 1.12 bits per heavy atom. The fraction of sp³-hybridized carbons (Fsp3) is 0. The predicted octanol–water partition coefficient (Wildman–Crippen LogP) is 2.36. The Kier molecular flexibility index (Phi) is 2.23. The van der Waals surface area contributed by atoms with E-state index in [2.05, 4.69) is 27.4 Å². The van der Waals surface area contributed by atoms with Crippen molar-refractivity contribution in [3.05, 3.63) is 47.2 Å². The monoisotopic (exact) mass is 228 g/mol. The summed E-state index contributed by atoms with van der Waals surface area (Å²) >= 11 is 1.51. The zero-order valence-corrected chi connectivity index (χ0v) is 9.13. The average molecular weight is 228 g/mol. The zero-order chi connectivity index (χ0) is 10.8. The van der Waals surface area contributed by atoms with E-state index in [9.17, 15) is 0 Å². The van der Waals surface area contributed by atoms with Crippen molar-refractivity contribution >= 4 is 28.4 Å². The normalized spacial score (nSPS) is 11.5. The van der Waals surface area contributed by atoms with E-state index in [0.717, 1.165) is 15.5 Å². The van der Waals surface area contributed by atoms with E-state index < -0.39 is 0 Å². The third-order valence-electron chi connectivity index (χ3n) is 2.12. The lowest BCUT2D eigenvalue weighted by molar-refractivity contribution is 0.949. The van der Waals surface area contributed by atoms with Crippen molar-refractivity contribution < 1.29 is 0 Å². The summed E-state index contributed by atoms with van der Waals surface area (Å²) in [5, 5.41) is 12.9. The van der Waals surface area contributed by atoms with Crippen molar-refractivity contribution in [3.8, 4) is 0 Å². The largest absolute Gasteiger partial charge is 0.234 e. The number of benzene rings is 1. The zero-order valence-electron chi connectivity index (χ0n) is 8.32. The van der Waals surface area contributed by atoms with Crippen LogP contribution in [0.25, 0.3) is 17.1 Å². The molecule has 78 valence electrons. The van der Waals surface area contributed by atoms with E-state index in [4.69, 9.17) is 0 Å². The molecule has 3 aromatic rings. The quantitative estimate of drug-likeness (QED) is 0.676. The molecule has 2 aromatic heterocycles. The molecule has 1 aromatic carbocycles. The molecule has 16 heavy (non-hydrogen) atoms. The molecule has 0 spiro atoms. The Hall–Kier alpha value is -2.01. The molecule has 0 amide bonds. The van der Waals surface area contributed by atoms with Gasteiger partial charge in [-0.25, -0.2) is 0 Å². The molecule has 0 aliphatic heterocycles. The summed E-state index contributed by atoms with van der Waals surface area (Å²) in [6.45, 7) is 0. The topological polar surface area (TPSA) is 43.1 Å². The highest BCUT2D eigenvalue weighted by Crippen LogP contribution is 2.14. The van der Waals surface area contributed by atoms with Crippen molar-refractivity contribution in [2.75, 3.05) is 0 Å². The van der Waals surface area contributed by atoms with Crippen LogP contribution in [-0.4, -0.2) is 19.8 Å². The van der Waals surface area contributed by atoms with Gasteiger partial charge in [-0.2, -0.15) is 9.61 Å². The van der Waals surface area contributed by atoms with Crippen molar-refractivity contribution in [1.29, 1.82) is 0 Å². The summed E-state index contributed by atoms with van der Waals surface area (Å²) in [6, 6.07) is 10.1. The van der Waals surface area contributed by atoms with Gasteiger partial charge in [-0.1, -0.05) is 47.7 Å². The van der Waals surface area contributed by atoms with E-state index in [-0.39, 0.29) is 0 Å². The van der Waals surface area contributed by atoms with E-state index in [1.165, 1.54) is 11.3 Å². The molecule has 5 heteroatoms. The van der Waals surface area contributed by atoms with E-state index >= 15 is 0 Å². The molecule has 0 unspecified atom stereocenters. The molecule has 3 rings (SSSR count). The van der Waals surface area contributed by atoms with Gasteiger partial charge in [-0.05, 0) is 11.6 Å². The molecule has 0 N–H and O–H groups in total. The minimum atomic E-state index is 0.813. The minimum absolute atomic E-state index is 0.813. The number of hydrogen-bond donors (Lipinski definition) is 0. The van der Waals surface area contributed by atoms with Crippen LogP contribution in [0, 0.1) is 0 Å². The first-order valence-electron chi connectivity index (χ1n) is 4.82. The Balaban J connectivity index is 1.90. The van der Waals surface area contributed by atoms with Gasteiger partial charge in [0, 0.05) is 0 Å². The summed E-state index contributed by atoms with van der Waals surface area (Å²) in [7, 11) is 0. The third kappa shape index (κ3) is 1.72. The molecule has 0 fully saturated rings. The van der Waals surface area contributed by atoms with Gasteiger partial charge in [0.25, 0.3) is 0 Å². The second-order valence-electron chi connectivity index (χ2n) is 3.24. The van der Waals surface area contributed by atoms with Crippen LogP contribution < -0.4 is 0 Å². The molecular formula is C11H8N4S. The first kappa shape index (κ1) is 9.23. The van der Waals surface area contributed by atoms with Gasteiger partial charge in [-0.3, -0.25) is 0 Å². The lowest BCUT2D eigenvalue weighted by atomic mass is 10.2. The summed E-state index contributed by atoms with van der Waals surface area (Å²) in [4.78, 5) is 0.813. The van der Waals surface area contributed by atoms with Gasteiger partial charge in [0.2, 0.25) is 4.96 Å². The fourth-order valence-corrected chi connectivity index (χ4v) is 2.10. The number of aromatic nitrogens is 4. The maximum Gasteiger partial charge on any atom is 0.234 e. The van der Waals surface area contributed by atoms with E-state index in [1.807, 2.05) is 30.4 Å². The molecule has 0 bridgehead atoms. The number of nitrogens with zero attached hydrogens (tertiary/aromatic N) is 4. The molecule has 4 nitrogen and oxygen atoms in total. The number of fused-ring (bicyclic) bond motifs is 1. The van der Waals surface area contributed by atoms with Crippen molar-refractivity contribution in [2.45, 2.75) is 0 Å². The summed E-state index contributed by atoms with van der Waals surface area (Å²) in [6.07, 6.45) is 5.62. The van der Waals surface area contributed by atoms with Crippen LogP contribution in [-0.2, 0) is 0 Å². The fourth-order valence-electron chi connectivity index (χ4n) is 1.37. The van der Waals surface area contributed by atoms with Gasteiger partial charge in [0.05, 0.1) is 0 Å². The second kappa shape index (κ2) is 3.86. The number of rotatable bonds is 2. The van der Waals surface area contributed by atoms with E-state index in [0.29, 0.717) is 0 Å². The lowest BCUT2D eigenvalue weighted by Crippen LogP contribution is -1.79. The SMILES string of the molecule is C(=C/c1nn2cnnc2s1)/c1ccccc1. The Morgan fingerprint density at radius 3 is 2.81 bits per heavy atom. The highest BCUT2D eigenvalue weighted by Gasteiger charge is 2.01. The van der Waals surface area contributed by atoms with Crippen LogP contribution in [0.15, 0.2) is 36.7 Å². The van der Waals surface area contributed by atoms with Crippen LogP contribution in [0.4, 0.5) is 0 Å². The Morgan fingerprint density at radius 2 is 2.00 bits per heavy atom. The Labute approximate surface area is 95.9 Å². The molecule has 0 saturated heterocycles. The molecule has 0 atom stereocenters. The smallest absolute Gasteiger partial charge is 0.190 e. The highest BCUT2D eigenvalue weighted by atomic mass is 32.1. The average Bonchev–Trinajstić information content (AvgIpc) is 2.88. The van der Waals surface area contributed by atoms with Crippen LogP contribution in [0.2, 0.25) is 0 Å². The second-order valence-corrected chi connectivity index (χ2v) is 4.23. The molecule has 0 aliphatic carbocycles. The van der Waals surface area contributed by atoms with Gasteiger partial charge in [0.1, 0.15) is 11.3 Å². The third-order valence-corrected chi connectivity index (χ3v) is 3.00. The first-order valence-corrected chi connectivity index (χ1v) is 5.63. The predicted molar refractivity (Wildman–Crippen MR) is 64.0 cm³/mol. The summed E-state index contributed by atoms with van der Waals surface area (Å²) in [5.41, 5.74) is 1.16. The molecule has 0 aliphatic rings. The number of hydrogen-bond acceptors (Lipinski definition) is 4. The van der Waals surface area contributed by atoms with Gasteiger partial charge in [0.15, 0.2) is 0 Å². The summed E-state index contributed by atoms with van der Waals surface area (Å²) in [5.74, 6) is 0. The highest BCUT2D eigenvalue weighted by molar-refractivity contribution is 7.17. The van der Waals surface area contributed by atoms with Crippen LogP contribution in [0.1, 0.15) is 10.6 Å². The maximum absolute atomic E-state index is 4.31. The molecule has 2 heterocycles. The molecular weight excluding hydrogens is 220 g/mol. The lowest BCUT2D eigenvalue weighted by Gasteiger charge is -1.88. The van der Waals surface area contributed by atoms with Gasteiger partial charge < -0.3 is 0 Å². The van der Waals surface area contributed by atoms with Crippen LogP contribution in [0.3, 0.4) is 0 Å². The Bertz CT molecular complexity index is 595. The minimum Gasteiger partial charge on any atom is -0.190 e. The summed E-state index contributed by atoms with van der Waals surface area (Å²) < 4.78 is 1.68. The van der Waals surface area contributed by atoms with Gasteiger partial charge >= 0.3 is 0 Å². The first-order chi connectivity index (χ1) is 7.92. The van der Waals surface area contributed by atoms with Crippen molar-refractivity contribution in [2.24, 2.45) is 0 Å². The van der Waals surface area contributed by atoms with Gasteiger partial charge in [-0.15, -0.1) is 10.2 Å². The maximum atomic E-state index is 4.31. The van der Waals surface area contributed by atoms with E-state index in [1.54, 1.807) is 10.8 Å². The van der Waals surface area contributed by atoms with Crippen LogP contribution in [0.5, 0.6) is 0 Å². The van der Waals surface area contributed by atoms with Crippen molar-refractivity contribution in [1.82, 2.24) is 19.8 Å². The van der Waals surface area contributed by atoms with Crippen molar-refractivity contribution in [3.63, 3.8) is 0 Å².